The van der Waals surface area contributed by atoms with Gasteiger partial charge in [0.1, 0.15) is 5.75 Å². The van der Waals surface area contributed by atoms with Crippen LogP contribution < -0.4 is 20.3 Å². The predicted octanol–water partition coefficient (Wildman–Crippen LogP) is 3.16. The average molecular weight is 444 g/mol. The summed E-state index contributed by atoms with van der Waals surface area (Å²) in [5, 5.41) is 5.58. The van der Waals surface area contributed by atoms with E-state index in [2.05, 4.69) is 26.6 Å². The van der Waals surface area contributed by atoms with Crippen molar-refractivity contribution in [2.75, 3.05) is 22.1 Å². The van der Waals surface area contributed by atoms with E-state index in [4.69, 9.17) is 4.74 Å². The van der Waals surface area contributed by atoms with Gasteiger partial charge in [0.15, 0.2) is 6.10 Å². The summed E-state index contributed by atoms with van der Waals surface area (Å²) in [6.07, 6.45) is -0.397. The minimum Gasteiger partial charge on any atom is -0.479 e. The molecule has 1 fully saturated rings. The van der Waals surface area contributed by atoms with Gasteiger partial charge in [-0.1, -0.05) is 15.9 Å². The summed E-state index contributed by atoms with van der Waals surface area (Å²) in [5.41, 5.74) is 1.82. The Morgan fingerprint density at radius 3 is 2.71 bits per heavy atom. The van der Waals surface area contributed by atoms with Crippen LogP contribution in [0.4, 0.5) is 17.1 Å². The van der Waals surface area contributed by atoms with Crippen molar-refractivity contribution in [3.8, 4) is 5.75 Å². The number of fused-ring (bicyclic) bond motifs is 1. The van der Waals surface area contributed by atoms with Crippen LogP contribution in [0.5, 0.6) is 5.75 Å². The summed E-state index contributed by atoms with van der Waals surface area (Å²) in [4.78, 5) is 38.4. The van der Waals surface area contributed by atoms with Gasteiger partial charge in [0.05, 0.1) is 11.6 Å². The second-order valence-electron chi connectivity index (χ2n) is 6.83. The summed E-state index contributed by atoms with van der Waals surface area (Å²) in [5.74, 6) is -0.435. The molecule has 0 saturated carbocycles. The molecule has 7 nitrogen and oxygen atoms in total. The quantitative estimate of drug-likeness (QED) is 0.762. The van der Waals surface area contributed by atoms with Crippen molar-refractivity contribution in [3.63, 3.8) is 0 Å². The smallest absolute Gasteiger partial charge is 0.265 e. The zero-order chi connectivity index (χ0) is 19.8. The Kier molecular flexibility index (Phi) is 4.80. The molecule has 2 aromatic carbocycles. The van der Waals surface area contributed by atoms with E-state index >= 15 is 0 Å². The van der Waals surface area contributed by atoms with Crippen LogP contribution in [0.15, 0.2) is 46.9 Å². The molecule has 1 saturated heterocycles. The second kappa shape index (κ2) is 7.27. The molecule has 3 amide bonds. The highest BCUT2D eigenvalue weighted by Gasteiger charge is 2.35. The van der Waals surface area contributed by atoms with E-state index < -0.39 is 12.0 Å². The van der Waals surface area contributed by atoms with Crippen molar-refractivity contribution in [1.29, 1.82) is 0 Å². The molecule has 0 radical (unpaired) electrons. The fourth-order valence-corrected chi connectivity index (χ4v) is 3.55. The lowest BCUT2D eigenvalue weighted by molar-refractivity contribution is -0.122. The van der Waals surface area contributed by atoms with Crippen LogP contribution in [-0.2, 0) is 14.4 Å². The maximum atomic E-state index is 12.7. The van der Waals surface area contributed by atoms with Crippen LogP contribution in [0.3, 0.4) is 0 Å². The zero-order valence-electron chi connectivity index (χ0n) is 15.1. The van der Waals surface area contributed by atoms with Gasteiger partial charge in [0.25, 0.3) is 5.91 Å². The molecule has 144 valence electrons. The first-order valence-corrected chi connectivity index (χ1v) is 9.68. The van der Waals surface area contributed by atoms with Crippen LogP contribution in [-0.4, -0.2) is 30.4 Å². The van der Waals surface area contributed by atoms with Crippen LogP contribution >= 0.6 is 15.9 Å². The van der Waals surface area contributed by atoms with Crippen molar-refractivity contribution in [2.24, 2.45) is 5.92 Å². The fraction of sp³-hybridized carbons (Fsp3) is 0.250. The first-order valence-electron chi connectivity index (χ1n) is 8.89. The summed E-state index contributed by atoms with van der Waals surface area (Å²) in [7, 11) is 0. The molecule has 28 heavy (non-hydrogen) atoms. The Labute approximate surface area is 170 Å². The first-order chi connectivity index (χ1) is 13.4. The van der Waals surface area contributed by atoms with Gasteiger partial charge in [0, 0.05) is 28.8 Å². The van der Waals surface area contributed by atoms with Crippen molar-refractivity contribution in [1.82, 2.24) is 0 Å². The highest BCUT2D eigenvalue weighted by Crippen LogP contribution is 2.33. The third-order valence-electron chi connectivity index (χ3n) is 4.81. The average Bonchev–Trinajstić information content (AvgIpc) is 3.05. The number of hydrogen-bond acceptors (Lipinski definition) is 4. The number of halogens is 1. The number of carbonyl (C=O) groups excluding carboxylic acids is 3. The Balaban J connectivity index is 1.44. The number of nitrogens with zero attached hydrogens (tertiary/aromatic N) is 1. The molecule has 2 aliphatic heterocycles. The third kappa shape index (κ3) is 3.60. The van der Waals surface area contributed by atoms with Gasteiger partial charge in [0.2, 0.25) is 11.8 Å². The summed E-state index contributed by atoms with van der Waals surface area (Å²) in [6, 6.07) is 12.5. The van der Waals surface area contributed by atoms with Crippen molar-refractivity contribution >= 4 is 50.7 Å². The zero-order valence-corrected chi connectivity index (χ0v) is 16.7. The Morgan fingerprint density at radius 2 is 1.96 bits per heavy atom. The molecular weight excluding hydrogens is 426 g/mol. The number of anilines is 3. The molecule has 2 atom stereocenters. The van der Waals surface area contributed by atoms with Gasteiger partial charge in [-0.3, -0.25) is 14.4 Å². The van der Waals surface area contributed by atoms with E-state index in [9.17, 15) is 14.4 Å². The van der Waals surface area contributed by atoms with Gasteiger partial charge in [-0.25, -0.2) is 0 Å². The molecule has 0 unspecified atom stereocenters. The molecule has 2 aliphatic rings. The summed E-state index contributed by atoms with van der Waals surface area (Å²) in [6.45, 7) is 2.00. The summed E-state index contributed by atoms with van der Waals surface area (Å²) >= 11 is 3.37. The topological polar surface area (TPSA) is 87.7 Å². The molecule has 0 aromatic heterocycles. The molecule has 0 bridgehead atoms. The number of benzene rings is 2. The largest absolute Gasteiger partial charge is 0.479 e. The van der Waals surface area contributed by atoms with Crippen LogP contribution in [0, 0.1) is 5.92 Å². The molecule has 2 N–H and O–H groups in total. The van der Waals surface area contributed by atoms with Crippen LogP contribution in [0.25, 0.3) is 0 Å². The van der Waals surface area contributed by atoms with Gasteiger partial charge in [-0.05, 0) is 49.4 Å². The van der Waals surface area contributed by atoms with Gasteiger partial charge >= 0.3 is 0 Å². The van der Waals surface area contributed by atoms with Gasteiger partial charge in [-0.2, -0.15) is 0 Å². The Hall–Kier alpha value is -2.87. The number of carbonyl (C=O) groups is 3. The second-order valence-corrected chi connectivity index (χ2v) is 7.75. The van der Waals surface area contributed by atoms with E-state index in [0.29, 0.717) is 23.7 Å². The highest BCUT2D eigenvalue weighted by molar-refractivity contribution is 9.10. The number of nitrogens with one attached hydrogen (secondary N) is 2. The summed E-state index contributed by atoms with van der Waals surface area (Å²) < 4.78 is 6.44. The lowest BCUT2D eigenvalue weighted by Gasteiger charge is -2.24. The number of rotatable bonds is 3. The maximum absolute atomic E-state index is 12.7. The monoisotopic (exact) mass is 443 g/mol. The minimum atomic E-state index is -0.554. The van der Waals surface area contributed by atoms with E-state index in [1.165, 1.54) is 0 Å². The third-order valence-corrected chi connectivity index (χ3v) is 5.34. The molecule has 2 heterocycles. The molecule has 8 heteroatoms. The maximum Gasteiger partial charge on any atom is 0.265 e. The molecule has 0 spiro atoms. The fourth-order valence-electron chi connectivity index (χ4n) is 3.28. The molecule has 0 aliphatic carbocycles. The van der Waals surface area contributed by atoms with Crippen LogP contribution in [0.2, 0.25) is 0 Å². The standard InChI is InChI=1S/C20H18BrN3O4/c1-11-19(26)23-16-9-14(4-7-17(16)28-11)22-20(27)12-8-18(25)24(10-12)15-5-2-13(21)3-6-15/h2-7,9,11-12H,8,10H2,1H3,(H,22,27)(H,23,26)/t11-,12+/m0/s1. The van der Waals surface area contributed by atoms with E-state index in [1.807, 2.05) is 24.3 Å². The van der Waals surface area contributed by atoms with Crippen LogP contribution in [0.1, 0.15) is 13.3 Å². The van der Waals surface area contributed by atoms with Crippen molar-refractivity contribution in [3.05, 3.63) is 46.9 Å². The SMILES string of the molecule is C[C@@H]1Oc2ccc(NC(=O)[C@@H]3CC(=O)N(c4ccc(Br)cc4)C3)cc2NC1=O. The normalized spacial score (nSPS) is 21.0. The first kappa shape index (κ1) is 18.5. The lowest BCUT2D eigenvalue weighted by Crippen LogP contribution is -2.34. The highest BCUT2D eigenvalue weighted by atomic mass is 79.9. The minimum absolute atomic E-state index is 0.0810. The molecule has 4 rings (SSSR count). The molecular formula is C20H18BrN3O4. The van der Waals surface area contributed by atoms with Gasteiger partial charge < -0.3 is 20.3 Å². The van der Waals surface area contributed by atoms with Crippen molar-refractivity contribution < 1.29 is 19.1 Å². The number of ether oxygens (including phenoxy) is 1. The number of hydrogen-bond donors (Lipinski definition) is 2. The van der Waals surface area contributed by atoms with E-state index in [0.717, 1.165) is 10.2 Å². The lowest BCUT2D eigenvalue weighted by atomic mass is 10.1. The Morgan fingerprint density at radius 1 is 1.21 bits per heavy atom. The number of amides is 3. The molecule has 2 aromatic rings. The van der Waals surface area contributed by atoms with E-state index in [-0.39, 0.29) is 24.1 Å². The predicted molar refractivity (Wildman–Crippen MR) is 108 cm³/mol. The van der Waals surface area contributed by atoms with E-state index in [1.54, 1.807) is 30.0 Å². The van der Waals surface area contributed by atoms with Crippen molar-refractivity contribution in [2.45, 2.75) is 19.4 Å². The van der Waals surface area contributed by atoms with Gasteiger partial charge in [-0.15, -0.1) is 0 Å². The Bertz CT molecular complexity index is 960.